The number of carbonyl (C=O) groups excluding carboxylic acids is 1. The molecule has 0 heterocycles. The van der Waals surface area contributed by atoms with Crippen molar-refractivity contribution >= 4 is 50.6 Å². The predicted octanol–water partition coefficient (Wildman–Crippen LogP) is 8.43. The molecule has 2 fully saturated rings. The Kier molecular flexibility index (Phi) is 12.1. The lowest BCUT2D eigenvalue weighted by Crippen LogP contribution is -2.23. The fourth-order valence-corrected chi connectivity index (χ4v) is 6.26. The van der Waals surface area contributed by atoms with E-state index in [0.717, 1.165) is 19.8 Å². The lowest BCUT2D eigenvalue weighted by atomic mass is 9.83. The van der Waals surface area contributed by atoms with Crippen LogP contribution in [0.2, 0.25) is 0 Å². The molecule has 6 heteroatoms. The summed E-state index contributed by atoms with van der Waals surface area (Å²) >= 11 is 11.5. The van der Waals surface area contributed by atoms with Crippen LogP contribution in [0.3, 0.4) is 0 Å². The minimum Gasteiger partial charge on any atom is -0.363 e. The monoisotopic (exact) mass is 554 g/mol. The number of rotatable bonds is 4. The van der Waals surface area contributed by atoms with Crippen molar-refractivity contribution in [3.63, 3.8) is 0 Å². The Balaban J connectivity index is 0.000000295. The van der Waals surface area contributed by atoms with Crippen molar-refractivity contribution in [2.45, 2.75) is 76.0 Å². The molecule has 2 aliphatic carbocycles. The van der Waals surface area contributed by atoms with Crippen LogP contribution in [0.5, 0.6) is 0 Å². The molecule has 0 aromatic heterocycles. The van der Waals surface area contributed by atoms with Gasteiger partial charge in [0.2, 0.25) is 0 Å². The molecular formula is C31H42N2OS3. The number of thiocarbonyl (C=S) groups is 2. The normalized spacial score (nSPS) is 16.3. The van der Waals surface area contributed by atoms with Gasteiger partial charge in [0.05, 0.1) is 0 Å². The summed E-state index contributed by atoms with van der Waals surface area (Å²) in [5.74, 6) is 1.54. The van der Waals surface area contributed by atoms with Crippen LogP contribution in [0, 0.1) is 0 Å². The Morgan fingerprint density at radius 2 is 0.946 bits per heavy atom. The van der Waals surface area contributed by atoms with Gasteiger partial charge >= 0.3 is 0 Å². The molecule has 2 aromatic rings. The Hall–Kier alpha value is -1.76. The van der Waals surface area contributed by atoms with Gasteiger partial charge in [-0.1, -0.05) is 111 Å². The molecule has 3 nitrogen and oxygen atoms in total. The quantitative estimate of drug-likeness (QED) is 0.278. The number of carbonyl (C=O) groups is 1. The van der Waals surface area contributed by atoms with Crippen LogP contribution in [0.25, 0.3) is 0 Å². The molecule has 0 atom stereocenters. The number of hydrogen-bond acceptors (Lipinski definition) is 4. The van der Waals surface area contributed by atoms with E-state index in [1.165, 1.54) is 87.1 Å². The van der Waals surface area contributed by atoms with Crippen LogP contribution in [-0.4, -0.2) is 52.4 Å². The maximum absolute atomic E-state index is 12.8. The van der Waals surface area contributed by atoms with Crippen LogP contribution in [0.4, 0.5) is 0 Å². The summed E-state index contributed by atoms with van der Waals surface area (Å²) in [6.07, 6.45) is 13.3. The van der Waals surface area contributed by atoms with Crippen molar-refractivity contribution < 1.29 is 4.79 Å². The molecule has 2 aliphatic rings. The highest BCUT2D eigenvalue weighted by Crippen LogP contribution is 2.34. The highest BCUT2D eigenvalue weighted by molar-refractivity contribution is 8.37. The molecule has 4 rings (SSSR count). The first-order chi connectivity index (χ1) is 17.8. The largest absolute Gasteiger partial charge is 0.363 e. The molecule has 0 radical (unpaired) electrons. The summed E-state index contributed by atoms with van der Waals surface area (Å²) in [5.41, 5.74) is 4.45. The third kappa shape index (κ3) is 9.19. The Morgan fingerprint density at radius 1 is 0.622 bits per heavy atom. The van der Waals surface area contributed by atoms with Gasteiger partial charge in [0.1, 0.15) is 8.64 Å². The van der Waals surface area contributed by atoms with Crippen molar-refractivity contribution in [3.8, 4) is 0 Å². The Labute approximate surface area is 239 Å². The smallest absolute Gasteiger partial charge is 0.193 e. The molecule has 0 N–H and O–H groups in total. The van der Waals surface area contributed by atoms with Gasteiger partial charge in [-0.05, 0) is 60.4 Å². The van der Waals surface area contributed by atoms with Crippen molar-refractivity contribution in [2.24, 2.45) is 0 Å². The van der Waals surface area contributed by atoms with Crippen molar-refractivity contribution in [2.75, 3.05) is 28.2 Å². The van der Waals surface area contributed by atoms with E-state index >= 15 is 0 Å². The van der Waals surface area contributed by atoms with Gasteiger partial charge in [0, 0.05) is 39.3 Å². The zero-order valence-corrected chi connectivity index (χ0v) is 25.3. The van der Waals surface area contributed by atoms with E-state index in [1.807, 2.05) is 62.3 Å². The second kappa shape index (κ2) is 15.0. The van der Waals surface area contributed by atoms with Crippen LogP contribution >= 0.6 is 36.2 Å². The fourth-order valence-electron chi connectivity index (χ4n) is 5.11. The molecule has 2 aromatic carbocycles. The minimum atomic E-state index is 0.149. The maximum Gasteiger partial charge on any atom is 0.193 e. The molecule has 0 amide bonds. The molecule has 0 spiro atoms. The molecule has 0 bridgehead atoms. The molecule has 37 heavy (non-hydrogen) atoms. The first kappa shape index (κ1) is 29.8. The van der Waals surface area contributed by atoms with E-state index < -0.39 is 0 Å². The summed E-state index contributed by atoms with van der Waals surface area (Å²) in [4.78, 5) is 16.6. The highest BCUT2D eigenvalue weighted by atomic mass is 32.2. The van der Waals surface area contributed by atoms with Crippen LogP contribution in [0.1, 0.15) is 103 Å². The number of ketones is 1. The van der Waals surface area contributed by atoms with E-state index in [-0.39, 0.29) is 5.78 Å². The minimum absolute atomic E-state index is 0.149. The predicted molar refractivity (Wildman–Crippen MR) is 168 cm³/mol. The number of benzene rings is 2. The molecule has 0 aliphatic heterocycles. The van der Waals surface area contributed by atoms with Gasteiger partial charge in [-0.3, -0.25) is 4.79 Å². The Morgan fingerprint density at radius 3 is 1.24 bits per heavy atom. The van der Waals surface area contributed by atoms with Gasteiger partial charge < -0.3 is 9.80 Å². The van der Waals surface area contributed by atoms with Gasteiger partial charge in [-0.15, -0.1) is 0 Å². The maximum atomic E-state index is 12.8. The molecule has 0 unspecified atom stereocenters. The van der Waals surface area contributed by atoms with Crippen molar-refractivity contribution in [1.29, 1.82) is 0 Å². The van der Waals surface area contributed by atoms with Crippen LogP contribution in [-0.2, 0) is 0 Å². The summed E-state index contributed by atoms with van der Waals surface area (Å²) in [6, 6.07) is 16.8. The van der Waals surface area contributed by atoms with Gasteiger partial charge in [0.25, 0.3) is 0 Å². The summed E-state index contributed by atoms with van der Waals surface area (Å²) in [7, 11) is 7.64. The van der Waals surface area contributed by atoms with Crippen LogP contribution < -0.4 is 0 Å². The Bertz CT molecular complexity index is 938. The first-order valence-electron chi connectivity index (χ1n) is 13.6. The standard InChI is InChI=1S/C25H30O.C6H12N2S3/c26-25(23-15-11-21(12-16-23)19-7-3-1-4-8-19)24-17-13-22(14-18-24)20-9-5-2-6-10-20;1-7(2)5(9)11-6(10)8(3)4/h11-20H,1-10H2;1-4H3. The third-order valence-electron chi connectivity index (χ3n) is 7.40. The summed E-state index contributed by atoms with van der Waals surface area (Å²) in [5, 5.41) is 0. The average Bonchev–Trinajstić information content (AvgIpc) is 2.94. The summed E-state index contributed by atoms with van der Waals surface area (Å²) < 4.78 is 1.59. The van der Waals surface area contributed by atoms with Crippen molar-refractivity contribution in [1.82, 2.24) is 9.80 Å². The van der Waals surface area contributed by atoms with E-state index in [1.54, 1.807) is 0 Å². The molecule has 200 valence electrons. The topological polar surface area (TPSA) is 23.6 Å². The molecule has 2 saturated carbocycles. The average molecular weight is 555 g/mol. The third-order valence-corrected chi connectivity index (χ3v) is 9.71. The zero-order chi connectivity index (χ0) is 26.8. The van der Waals surface area contributed by atoms with Crippen molar-refractivity contribution in [3.05, 3.63) is 70.8 Å². The molecular weight excluding hydrogens is 513 g/mol. The molecule has 0 saturated heterocycles. The zero-order valence-electron chi connectivity index (χ0n) is 22.9. The van der Waals surface area contributed by atoms with Crippen LogP contribution in [0.15, 0.2) is 48.5 Å². The fraction of sp³-hybridized carbons (Fsp3) is 0.516. The lowest BCUT2D eigenvalue weighted by molar-refractivity contribution is 0.103. The van der Waals surface area contributed by atoms with E-state index in [0.29, 0.717) is 11.8 Å². The summed E-state index contributed by atoms with van der Waals surface area (Å²) in [6.45, 7) is 0. The first-order valence-corrected chi connectivity index (χ1v) is 15.2. The van der Waals surface area contributed by atoms with Gasteiger partial charge in [0.15, 0.2) is 5.78 Å². The van der Waals surface area contributed by atoms with E-state index in [9.17, 15) is 4.79 Å². The van der Waals surface area contributed by atoms with Gasteiger partial charge in [-0.2, -0.15) is 0 Å². The van der Waals surface area contributed by atoms with E-state index in [2.05, 4.69) is 24.3 Å². The lowest BCUT2D eigenvalue weighted by Gasteiger charge is -2.22. The van der Waals surface area contributed by atoms with Gasteiger partial charge in [-0.25, -0.2) is 0 Å². The number of thioether (sulfide) groups is 1. The number of nitrogens with zero attached hydrogens (tertiary/aromatic N) is 2. The second-order valence-electron chi connectivity index (χ2n) is 10.7. The van der Waals surface area contributed by atoms with E-state index in [4.69, 9.17) is 24.4 Å². The highest BCUT2D eigenvalue weighted by Gasteiger charge is 2.18. The second-order valence-corrected chi connectivity index (χ2v) is 12.9. The number of hydrogen-bond donors (Lipinski definition) is 0. The SMILES string of the molecule is CN(C)C(=S)SC(=S)N(C)C.O=C(c1ccc(C2CCCCC2)cc1)c1ccc(C2CCCCC2)cc1.